The Bertz CT molecular complexity index is 329. The minimum absolute atomic E-state index is 0.0801. The molecule has 0 aliphatic heterocycles. The molecule has 78 valence electrons. The van der Waals surface area contributed by atoms with Crippen LogP contribution in [-0.2, 0) is 4.75 Å². The third-order valence-electron chi connectivity index (χ3n) is 2.09. The number of nitrogens with two attached hydrogens (primary N) is 1. The van der Waals surface area contributed by atoms with E-state index in [-0.39, 0.29) is 4.75 Å². The van der Waals surface area contributed by atoms with Crippen LogP contribution in [0, 0.1) is 10.5 Å². The highest BCUT2D eigenvalue weighted by Crippen LogP contribution is 2.32. The second-order valence-corrected chi connectivity index (χ2v) is 6.05. The van der Waals surface area contributed by atoms with Crippen molar-refractivity contribution in [2.75, 3.05) is 12.0 Å². The Hall–Kier alpha value is -0.0400. The van der Waals surface area contributed by atoms with Crippen LogP contribution >= 0.6 is 34.4 Å². The predicted molar refractivity (Wildman–Crippen MR) is 70.4 cm³/mol. The molecule has 0 amide bonds. The number of rotatable bonds is 2. The average molecular weight is 323 g/mol. The van der Waals surface area contributed by atoms with Gasteiger partial charge in [-0.3, -0.25) is 0 Å². The van der Waals surface area contributed by atoms with Crippen molar-refractivity contribution in [2.45, 2.75) is 25.5 Å². The third kappa shape index (κ3) is 2.31. The van der Waals surface area contributed by atoms with Crippen molar-refractivity contribution in [1.29, 1.82) is 0 Å². The Kier molecular flexibility index (Phi) is 3.63. The highest BCUT2D eigenvalue weighted by atomic mass is 127. The number of aromatic nitrogens is 2. The molecular formula is C9H14IN3S. The van der Waals surface area contributed by atoms with E-state index in [2.05, 4.69) is 46.4 Å². The molecule has 3 nitrogen and oxygen atoms in total. The summed E-state index contributed by atoms with van der Waals surface area (Å²) in [6.45, 7) is 6.15. The molecule has 0 aliphatic rings. The molecule has 0 spiro atoms. The average Bonchev–Trinajstić information content (AvgIpc) is 2.13. The van der Waals surface area contributed by atoms with Gasteiger partial charge in [0.25, 0.3) is 0 Å². The van der Waals surface area contributed by atoms with Gasteiger partial charge in [0.1, 0.15) is 11.6 Å². The van der Waals surface area contributed by atoms with Crippen LogP contribution in [0.2, 0.25) is 0 Å². The van der Waals surface area contributed by atoms with E-state index in [0.717, 1.165) is 15.1 Å². The fourth-order valence-corrected chi connectivity index (χ4v) is 1.46. The molecule has 0 saturated carbocycles. The van der Waals surface area contributed by atoms with Crippen LogP contribution in [0.4, 0.5) is 5.82 Å². The minimum atomic E-state index is -0.0801. The first-order valence-electron chi connectivity index (χ1n) is 4.23. The normalized spacial score (nSPS) is 11.8. The smallest absolute Gasteiger partial charge is 0.146 e. The van der Waals surface area contributed by atoms with Crippen LogP contribution < -0.4 is 5.73 Å². The molecule has 1 aromatic rings. The van der Waals surface area contributed by atoms with Gasteiger partial charge in [0, 0.05) is 0 Å². The zero-order valence-electron chi connectivity index (χ0n) is 8.76. The Labute approximate surface area is 102 Å². The molecule has 5 heteroatoms. The second kappa shape index (κ2) is 4.22. The van der Waals surface area contributed by atoms with Crippen molar-refractivity contribution in [3.05, 3.63) is 15.1 Å². The molecule has 0 aromatic carbocycles. The predicted octanol–water partition coefficient (Wildman–Crippen LogP) is 2.57. The maximum atomic E-state index is 5.80. The van der Waals surface area contributed by atoms with E-state index in [9.17, 15) is 0 Å². The number of aryl methyl sites for hydroxylation is 1. The number of anilines is 1. The molecule has 1 aromatic heterocycles. The summed E-state index contributed by atoms with van der Waals surface area (Å²) in [5, 5.41) is 0. The molecule has 0 saturated heterocycles. The zero-order valence-corrected chi connectivity index (χ0v) is 11.7. The van der Waals surface area contributed by atoms with Gasteiger partial charge in [-0.1, -0.05) is 0 Å². The summed E-state index contributed by atoms with van der Waals surface area (Å²) in [7, 11) is 0. The van der Waals surface area contributed by atoms with Gasteiger partial charge >= 0.3 is 0 Å². The summed E-state index contributed by atoms with van der Waals surface area (Å²) < 4.78 is 0.867. The van der Waals surface area contributed by atoms with E-state index in [4.69, 9.17) is 5.73 Å². The lowest BCUT2D eigenvalue weighted by Gasteiger charge is -2.21. The number of thioether (sulfide) groups is 1. The van der Waals surface area contributed by atoms with Crippen LogP contribution in [0.15, 0.2) is 0 Å². The molecule has 0 aliphatic carbocycles. The van der Waals surface area contributed by atoms with Gasteiger partial charge in [0.15, 0.2) is 0 Å². The standard InChI is InChI=1S/C9H14IN3S/c1-5-6(10)7(11)13-8(12-5)9(2,3)14-4/h1-4H3,(H2,11,12,13). The third-order valence-corrected chi connectivity index (χ3v) is 4.63. The van der Waals surface area contributed by atoms with E-state index in [0.29, 0.717) is 5.82 Å². The van der Waals surface area contributed by atoms with Gasteiger partial charge in [-0.05, 0) is 49.6 Å². The summed E-state index contributed by atoms with van der Waals surface area (Å²) in [6.07, 6.45) is 2.05. The van der Waals surface area contributed by atoms with Crippen molar-refractivity contribution < 1.29 is 0 Å². The molecule has 0 bridgehead atoms. The van der Waals surface area contributed by atoms with E-state index in [1.807, 2.05) is 13.2 Å². The molecule has 0 radical (unpaired) electrons. The van der Waals surface area contributed by atoms with Crippen LogP contribution in [-0.4, -0.2) is 16.2 Å². The van der Waals surface area contributed by atoms with Crippen molar-refractivity contribution >= 4 is 40.2 Å². The number of halogens is 1. The number of nitrogens with zero attached hydrogens (tertiary/aromatic N) is 2. The van der Waals surface area contributed by atoms with Crippen molar-refractivity contribution in [1.82, 2.24) is 9.97 Å². The Morgan fingerprint density at radius 3 is 2.36 bits per heavy atom. The zero-order chi connectivity index (χ0) is 10.9. The Morgan fingerprint density at radius 1 is 1.36 bits per heavy atom. The van der Waals surface area contributed by atoms with Crippen LogP contribution in [0.1, 0.15) is 25.4 Å². The first-order chi connectivity index (χ1) is 6.38. The molecule has 1 heterocycles. The van der Waals surface area contributed by atoms with Crippen molar-refractivity contribution in [3.8, 4) is 0 Å². The largest absolute Gasteiger partial charge is 0.383 e. The first kappa shape index (κ1) is 12.0. The summed E-state index contributed by atoms with van der Waals surface area (Å²) in [4.78, 5) is 8.77. The van der Waals surface area contributed by atoms with Crippen molar-refractivity contribution in [3.63, 3.8) is 0 Å². The lowest BCUT2D eigenvalue weighted by atomic mass is 10.2. The monoisotopic (exact) mass is 323 g/mol. The van der Waals surface area contributed by atoms with Gasteiger partial charge in [-0.25, -0.2) is 9.97 Å². The minimum Gasteiger partial charge on any atom is -0.383 e. The Balaban J connectivity index is 3.26. The van der Waals surface area contributed by atoms with Crippen molar-refractivity contribution in [2.24, 2.45) is 0 Å². The van der Waals surface area contributed by atoms with Crippen LogP contribution in [0.3, 0.4) is 0 Å². The maximum absolute atomic E-state index is 5.80. The van der Waals surface area contributed by atoms with Gasteiger partial charge in [0.05, 0.1) is 14.0 Å². The van der Waals surface area contributed by atoms with Gasteiger partial charge in [-0.15, -0.1) is 0 Å². The SMILES string of the molecule is CSC(C)(C)c1nc(C)c(I)c(N)n1. The number of hydrogen-bond acceptors (Lipinski definition) is 4. The van der Waals surface area contributed by atoms with E-state index in [1.165, 1.54) is 0 Å². The molecule has 0 atom stereocenters. The summed E-state index contributed by atoms with van der Waals surface area (Å²) >= 11 is 3.89. The maximum Gasteiger partial charge on any atom is 0.146 e. The Morgan fingerprint density at radius 2 is 1.93 bits per heavy atom. The number of hydrogen-bond donors (Lipinski definition) is 1. The first-order valence-corrected chi connectivity index (χ1v) is 6.54. The lowest BCUT2D eigenvalue weighted by Crippen LogP contribution is -2.18. The summed E-state index contributed by atoms with van der Waals surface area (Å²) in [5.74, 6) is 1.38. The fraction of sp³-hybridized carbons (Fsp3) is 0.556. The van der Waals surface area contributed by atoms with Gasteiger partial charge in [0.2, 0.25) is 0 Å². The molecule has 2 N–H and O–H groups in total. The highest BCUT2D eigenvalue weighted by Gasteiger charge is 2.23. The van der Waals surface area contributed by atoms with E-state index < -0.39 is 0 Å². The molecule has 14 heavy (non-hydrogen) atoms. The quantitative estimate of drug-likeness (QED) is 0.850. The molecule has 1 rings (SSSR count). The molecular weight excluding hydrogens is 309 g/mol. The number of nitrogen functional groups attached to an aromatic ring is 1. The van der Waals surface area contributed by atoms with Gasteiger partial charge < -0.3 is 5.73 Å². The summed E-state index contributed by atoms with van der Waals surface area (Å²) in [5.41, 5.74) is 6.76. The van der Waals surface area contributed by atoms with Crippen LogP contribution in [0.5, 0.6) is 0 Å². The summed E-state index contributed by atoms with van der Waals surface area (Å²) in [6, 6.07) is 0. The van der Waals surface area contributed by atoms with Gasteiger partial charge in [-0.2, -0.15) is 11.8 Å². The fourth-order valence-electron chi connectivity index (χ4n) is 0.942. The topological polar surface area (TPSA) is 51.8 Å². The molecule has 0 fully saturated rings. The molecule has 0 unspecified atom stereocenters. The highest BCUT2D eigenvalue weighted by molar-refractivity contribution is 14.1. The van der Waals surface area contributed by atoms with E-state index in [1.54, 1.807) is 11.8 Å². The lowest BCUT2D eigenvalue weighted by molar-refractivity contribution is 0.704. The second-order valence-electron chi connectivity index (χ2n) is 3.55. The van der Waals surface area contributed by atoms with Crippen LogP contribution in [0.25, 0.3) is 0 Å². The van der Waals surface area contributed by atoms with E-state index >= 15 is 0 Å².